The molecule has 0 amide bonds. The zero-order valence-electron chi connectivity index (χ0n) is 15.1. The molecule has 2 heteroatoms. The average molecular weight is 352 g/mol. The Balaban J connectivity index is 1.78. The summed E-state index contributed by atoms with van der Waals surface area (Å²) in [4.78, 5) is 11.7. The van der Waals surface area contributed by atoms with E-state index in [2.05, 4.69) is 42.5 Å². The zero-order valence-corrected chi connectivity index (χ0v) is 15.1. The summed E-state index contributed by atoms with van der Waals surface area (Å²) >= 11 is 0. The maximum Gasteiger partial charge on any atom is 0.303 e. The first kappa shape index (κ1) is 17.0. The lowest BCUT2D eigenvalue weighted by atomic mass is 9.98. The van der Waals surface area contributed by atoms with E-state index in [1.54, 1.807) is 0 Å². The van der Waals surface area contributed by atoms with Crippen LogP contribution < -0.4 is 0 Å². The summed E-state index contributed by atoms with van der Waals surface area (Å²) in [5.41, 5.74) is 2.09. The second kappa shape index (κ2) is 7.46. The van der Waals surface area contributed by atoms with Crippen molar-refractivity contribution in [2.24, 2.45) is 0 Å². The van der Waals surface area contributed by atoms with Crippen molar-refractivity contribution in [1.82, 2.24) is 0 Å². The van der Waals surface area contributed by atoms with Crippen molar-refractivity contribution in [3.05, 3.63) is 102 Å². The molecular weight excluding hydrogens is 332 g/mol. The summed E-state index contributed by atoms with van der Waals surface area (Å²) in [5, 5.41) is 4.59. The molecule has 27 heavy (non-hydrogen) atoms. The largest absolute Gasteiger partial charge is 0.453 e. The third-order valence-corrected chi connectivity index (χ3v) is 4.70. The summed E-state index contributed by atoms with van der Waals surface area (Å²) < 4.78 is 5.65. The fourth-order valence-corrected chi connectivity index (χ4v) is 3.47. The van der Waals surface area contributed by atoms with Gasteiger partial charge in [0.1, 0.15) is 6.10 Å². The van der Waals surface area contributed by atoms with E-state index in [4.69, 9.17) is 4.74 Å². The Hall–Kier alpha value is -3.39. The van der Waals surface area contributed by atoms with Gasteiger partial charge in [0.2, 0.25) is 0 Å². The molecule has 0 bridgehead atoms. The van der Waals surface area contributed by atoms with E-state index >= 15 is 0 Å². The van der Waals surface area contributed by atoms with Gasteiger partial charge in [-0.05, 0) is 33.2 Å². The molecule has 0 aromatic heterocycles. The van der Waals surface area contributed by atoms with E-state index < -0.39 is 6.10 Å². The normalized spacial score (nSPS) is 12.5. The van der Waals surface area contributed by atoms with E-state index in [1.165, 1.54) is 17.7 Å². The van der Waals surface area contributed by atoms with Gasteiger partial charge in [-0.15, -0.1) is 0 Å². The Kier molecular flexibility index (Phi) is 4.71. The van der Waals surface area contributed by atoms with Gasteiger partial charge in [0.25, 0.3) is 0 Å². The molecule has 0 fully saturated rings. The van der Waals surface area contributed by atoms with Gasteiger partial charge in [0, 0.05) is 12.5 Å². The Morgan fingerprint density at radius 1 is 0.778 bits per heavy atom. The van der Waals surface area contributed by atoms with Gasteiger partial charge >= 0.3 is 5.97 Å². The molecule has 0 saturated heterocycles. The van der Waals surface area contributed by atoms with E-state index in [-0.39, 0.29) is 5.97 Å². The van der Waals surface area contributed by atoms with Crippen LogP contribution in [0, 0.1) is 0 Å². The topological polar surface area (TPSA) is 26.3 Å². The summed E-state index contributed by atoms with van der Waals surface area (Å²) in [6.07, 6.45) is 3.57. The number of hydrogen-bond donors (Lipinski definition) is 0. The molecule has 0 saturated carbocycles. The summed E-state index contributed by atoms with van der Waals surface area (Å²) in [5.74, 6) is -0.296. The van der Waals surface area contributed by atoms with Crippen molar-refractivity contribution < 1.29 is 9.53 Å². The van der Waals surface area contributed by atoms with Crippen molar-refractivity contribution in [3.8, 4) is 0 Å². The third kappa shape index (κ3) is 3.61. The second-order valence-corrected chi connectivity index (χ2v) is 6.53. The molecule has 4 aromatic rings. The molecule has 4 rings (SSSR count). The molecule has 0 radical (unpaired) electrons. The van der Waals surface area contributed by atoms with Crippen LogP contribution in [0.1, 0.15) is 24.2 Å². The second-order valence-electron chi connectivity index (χ2n) is 6.53. The van der Waals surface area contributed by atoms with Crippen molar-refractivity contribution in [1.29, 1.82) is 0 Å². The highest BCUT2D eigenvalue weighted by Gasteiger charge is 2.14. The lowest BCUT2D eigenvalue weighted by Gasteiger charge is -2.16. The number of ether oxygens (including phenoxy) is 1. The molecule has 1 atom stereocenters. The maximum absolute atomic E-state index is 11.7. The zero-order chi connectivity index (χ0) is 18.6. The fourth-order valence-electron chi connectivity index (χ4n) is 3.47. The number of benzene rings is 4. The molecule has 0 aliphatic carbocycles. The lowest BCUT2D eigenvalue weighted by molar-refractivity contribution is -0.144. The third-order valence-electron chi connectivity index (χ3n) is 4.70. The summed E-state index contributed by atoms with van der Waals surface area (Å²) in [7, 11) is 0. The van der Waals surface area contributed by atoms with Crippen LogP contribution in [0.15, 0.2) is 91.0 Å². The number of rotatable bonds is 4. The van der Waals surface area contributed by atoms with Gasteiger partial charge in [0.15, 0.2) is 0 Å². The van der Waals surface area contributed by atoms with Gasteiger partial charge in [-0.1, -0.05) is 91.0 Å². The summed E-state index contributed by atoms with van der Waals surface area (Å²) in [6.45, 7) is 1.45. The molecule has 0 N–H and O–H groups in total. The lowest BCUT2D eigenvalue weighted by Crippen LogP contribution is -2.06. The minimum atomic E-state index is -0.437. The quantitative estimate of drug-likeness (QED) is 0.402. The predicted molar refractivity (Wildman–Crippen MR) is 111 cm³/mol. The average Bonchev–Trinajstić information content (AvgIpc) is 2.70. The number of carbonyl (C=O) groups excluding carboxylic acids is 1. The van der Waals surface area contributed by atoms with Crippen LogP contribution in [0.3, 0.4) is 0 Å². The standard InChI is InChI=1S/C25H20O2/c1-18(26)27-25(24-15-7-12-20-9-3-5-14-23(20)24)17-16-21-11-6-10-19-8-2-4-13-22(19)21/h2-17,25H,1H3/b17-16+/t25-/m0/s1. The molecule has 0 aliphatic rings. The molecule has 132 valence electrons. The SMILES string of the molecule is CC(=O)O[C@@H](/C=C/c1cccc2ccccc12)c1cccc2ccccc12. The molecular formula is C25H20O2. The number of fused-ring (bicyclic) bond motifs is 2. The minimum Gasteiger partial charge on any atom is -0.453 e. The Morgan fingerprint density at radius 2 is 1.37 bits per heavy atom. The van der Waals surface area contributed by atoms with E-state index in [1.807, 2.05) is 54.6 Å². The number of esters is 1. The summed E-state index contributed by atoms with van der Waals surface area (Å²) in [6, 6.07) is 28.7. The molecule has 0 heterocycles. The van der Waals surface area contributed by atoms with Gasteiger partial charge < -0.3 is 4.74 Å². The van der Waals surface area contributed by atoms with Gasteiger partial charge in [0.05, 0.1) is 0 Å². The molecule has 0 aliphatic heterocycles. The smallest absolute Gasteiger partial charge is 0.303 e. The van der Waals surface area contributed by atoms with Gasteiger partial charge in [-0.2, -0.15) is 0 Å². The van der Waals surface area contributed by atoms with Crippen molar-refractivity contribution in [2.45, 2.75) is 13.0 Å². The first-order chi connectivity index (χ1) is 13.2. The molecule has 4 aromatic carbocycles. The highest BCUT2D eigenvalue weighted by Crippen LogP contribution is 2.29. The van der Waals surface area contributed by atoms with Crippen LogP contribution >= 0.6 is 0 Å². The van der Waals surface area contributed by atoms with Crippen molar-refractivity contribution >= 4 is 33.6 Å². The predicted octanol–water partition coefficient (Wildman–Crippen LogP) is 6.31. The Morgan fingerprint density at radius 3 is 2.11 bits per heavy atom. The van der Waals surface area contributed by atoms with E-state index in [0.29, 0.717) is 0 Å². The van der Waals surface area contributed by atoms with Gasteiger partial charge in [-0.25, -0.2) is 0 Å². The van der Waals surface area contributed by atoms with E-state index in [9.17, 15) is 4.79 Å². The Bertz CT molecular complexity index is 1130. The Labute approximate surface area is 158 Å². The first-order valence-electron chi connectivity index (χ1n) is 9.03. The molecule has 0 spiro atoms. The van der Waals surface area contributed by atoms with Crippen LogP contribution in [0.25, 0.3) is 27.6 Å². The van der Waals surface area contributed by atoms with Crippen LogP contribution in [-0.2, 0) is 9.53 Å². The van der Waals surface area contributed by atoms with Crippen LogP contribution in [0.5, 0.6) is 0 Å². The maximum atomic E-state index is 11.7. The monoisotopic (exact) mass is 352 g/mol. The molecule has 0 unspecified atom stereocenters. The van der Waals surface area contributed by atoms with Crippen LogP contribution in [-0.4, -0.2) is 5.97 Å². The van der Waals surface area contributed by atoms with Crippen LogP contribution in [0.4, 0.5) is 0 Å². The highest BCUT2D eigenvalue weighted by molar-refractivity contribution is 5.91. The number of carbonyl (C=O) groups is 1. The fraction of sp³-hybridized carbons (Fsp3) is 0.0800. The van der Waals surface area contributed by atoms with Crippen molar-refractivity contribution in [3.63, 3.8) is 0 Å². The van der Waals surface area contributed by atoms with E-state index in [0.717, 1.165) is 21.9 Å². The number of hydrogen-bond acceptors (Lipinski definition) is 2. The van der Waals surface area contributed by atoms with Crippen LogP contribution in [0.2, 0.25) is 0 Å². The minimum absolute atomic E-state index is 0.296. The molecule has 2 nitrogen and oxygen atoms in total. The van der Waals surface area contributed by atoms with Gasteiger partial charge in [-0.3, -0.25) is 4.79 Å². The highest BCUT2D eigenvalue weighted by atomic mass is 16.5. The van der Waals surface area contributed by atoms with Crippen molar-refractivity contribution in [2.75, 3.05) is 0 Å². The first-order valence-corrected chi connectivity index (χ1v) is 9.03.